The first kappa shape index (κ1) is 16.8. The minimum absolute atomic E-state index is 0.0431. The molecule has 1 saturated heterocycles. The van der Waals surface area contributed by atoms with Crippen LogP contribution in [0.25, 0.3) is 0 Å². The minimum Gasteiger partial charge on any atom is -0.462 e. The first-order chi connectivity index (χ1) is 12.4. The second-order valence-electron chi connectivity index (χ2n) is 7.22. The van der Waals surface area contributed by atoms with Gasteiger partial charge in [-0.25, -0.2) is 0 Å². The summed E-state index contributed by atoms with van der Waals surface area (Å²) in [6.07, 6.45) is 1.47. The molecule has 2 aliphatic carbocycles. The van der Waals surface area contributed by atoms with Gasteiger partial charge < -0.3 is 14.8 Å². The number of hydrogen-bond donors (Lipinski definition) is 1. The molecule has 0 unspecified atom stereocenters. The zero-order valence-electron chi connectivity index (χ0n) is 14.3. The van der Waals surface area contributed by atoms with Gasteiger partial charge in [-0.3, -0.25) is 19.2 Å². The summed E-state index contributed by atoms with van der Waals surface area (Å²) in [4.78, 5) is 47.8. The van der Waals surface area contributed by atoms with Crippen LogP contribution in [0, 0.1) is 23.7 Å². The third-order valence-corrected chi connectivity index (χ3v) is 5.65. The molecule has 0 spiro atoms. The molecule has 1 amide bonds. The van der Waals surface area contributed by atoms with Crippen molar-refractivity contribution in [2.45, 2.75) is 25.9 Å². The Kier molecular flexibility index (Phi) is 4.01. The quantitative estimate of drug-likeness (QED) is 0.634. The van der Waals surface area contributed by atoms with E-state index in [0.29, 0.717) is 17.7 Å². The fourth-order valence-electron chi connectivity index (χ4n) is 4.57. The minimum atomic E-state index is -0.507. The molecule has 26 heavy (non-hydrogen) atoms. The molecule has 1 N–H and O–H groups in total. The van der Waals surface area contributed by atoms with Gasteiger partial charge in [0.05, 0.1) is 11.8 Å². The average molecular weight is 357 g/mol. The van der Waals surface area contributed by atoms with Gasteiger partial charge in [0.15, 0.2) is 12.4 Å². The predicted octanol–water partition coefficient (Wildman–Crippen LogP) is 1.57. The fourth-order valence-corrected chi connectivity index (χ4v) is 4.57. The van der Waals surface area contributed by atoms with Crippen molar-refractivity contribution in [3.05, 3.63) is 29.8 Å². The molecule has 1 heterocycles. The van der Waals surface area contributed by atoms with Gasteiger partial charge in [0, 0.05) is 17.2 Å². The van der Waals surface area contributed by atoms with Crippen molar-refractivity contribution in [2.24, 2.45) is 23.7 Å². The fraction of sp³-hybridized carbons (Fsp3) is 0.474. The lowest BCUT2D eigenvalue weighted by Crippen LogP contribution is -2.34. The average Bonchev–Trinajstić information content (AvgIpc) is 3.22. The number of esters is 2. The molecule has 4 rings (SSSR count). The molecule has 2 saturated carbocycles. The lowest BCUT2D eigenvalue weighted by molar-refractivity contribution is -0.157. The Hall–Kier alpha value is -2.70. The van der Waals surface area contributed by atoms with E-state index in [1.807, 2.05) is 0 Å². The highest BCUT2D eigenvalue weighted by molar-refractivity contribution is 5.97. The monoisotopic (exact) mass is 357 g/mol. The SMILES string of the molecule is CC(=O)c1cccc(NC(=O)COC(=O)[C@@H]2[C@@H]3C[C@@H]4[C@H]2C(=O)O[C@H]4C3)c1. The van der Waals surface area contributed by atoms with Crippen LogP contribution >= 0.6 is 0 Å². The van der Waals surface area contributed by atoms with Crippen LogP contribution in [0.2, 0.25) is 0 Å². The number of ketones is 1. The number of benzene rings is 1. The Morgan fingerprint density at radius 2 is 2.08 bits per heavy atom. The largest absolute Gasteiger partial charge is 0.462 e. The van der Waals surface area contributed by atoms with E-state index in [1.54, 1.807) is 24.3 Å². The van der Waals surface area contributed by atoms with Gasteiger partial charge >= 0.3 is 11.9 Å². The highest BCUT2D eigenvalue weighted by Crippen LogP contribution is 2.57. The Balaban J connectivity index is 1.34. The van der Waals surface area contributed by atoms with Crippen molar-refractivity contribution in [1.82, 2.24) is 0 Å². The smallest absolute Gasteiger partial charge is 0.310 e. The number of ether oxygens (including phenoxy) is 2. The van der Waals surface area contributed by atoms with Gasteiger partial charge in [0.1, 0.15) is 6.10 Å². The molecular weight excluding hydrogens is 338 g/mol. The van der Waals surface area contributed by atoms with Gasteiger partial charge in [-0.15, -0.1) is 0 Å². The number of carbonyl (C=O) groups is 4. The highest BCUT2D eigenvalue weighted by Gasteiger charge is 2.64. The number of hydrogen-bond acceptors (Lipinski definition) is 6. The van der Waals surface area contributed by atoms with Gasteiger partial charge in [0.25, 0.3) is 5.91 Å². The number of Topliss-reactive ketones (excluding diaryl/α,β-unsaturated/α-hetero) is 1. The number of nitrogens with one attached hydrogen (secondary N) is 1. The molecule has 2 bridgehead atoms. The maximum absolute atomic E-state index is 12.4. The van der Waals surface area contributed by atoms with E-state index in [-0.39, 0.29) is 29.7 Å². The molecule has 136 valence electrons. The maximum Gasteiger partial charge on any atom is 0.310 e. The van der Waals surface area contributed by atoms with Crippen molar-refractivity contribution in [1.29, 1.82) is 0 Å². The summed E-state index contributed by atoms with van der Waals surface area (Å²) < 4.78 is 10.5. The summed E-state index contributed by atoms with van der Waals surface area (Å²) in [6.45, 7) is 1.01. The standard InChI is InChI=1S/C19H19NO6/c1-9(21)10-3-2-4-12(5-10)20-15(22)8-25-18(23)16-11-6-13-14(7-11)26-19(24)17(13)16/h2-5,11,13-14,16-17H,6-8H2,1H3,(H,20,22)/t11-,13+,14+,16-,17-/m1/s1. The first-order valence-corrected chi connectivity index (χ1v) is 8.72. The molecular formula is C19H19NO6. The molecule has 7 heteroatoms. The zero-order chi connectivity index (χ0) is 18.4. The van der Waals surface area contributed by atoms with Crippen LogP contribution in [0.1, 0.15) is 30.1 Å². The predicted molar refractivity (Wildman–Crippen MR) is 89.1 cm³/mol. The second-order valence-corrected chi connectivity index (χ2v) is 7.22. The van der Waals surface area contributed by atoms with E-state index in [2.05, 4.69) is 5.32 Å². The molecule has 7 nitrogen and oxygen atoms in total. The van der Waals surface area contributed by atoms with Crippen LogP contribution in [0.4, 0.5) is 5.69 Å². The van der Waals surface area contributed by atoms with Crippen molar-refractivity contribution in [3.63, 3.8) is 0 Å². The summed E-state index contributed by atoms with van der Waals surface area (Å²) in [5.74, 6) is -2.11. The first-order valence-electron chi connectivity index (χ1n) is 8.72. The molecule has 1 aromatic carbocycles. The van der Waals surface area contributed by atoms with Crippen molar-refractivity contribution >= 4 is 29.3 Å². The summed E-state index contributed by atoms with van der Waals surface area (Å²) in [5, 5.41) is 2.60. The van der Waals surface area contributed by atoms with Crippen molar-refractivity contribution < 1.29 is 28.7 Å². The van der Waals surface area contributed by atoms with Crippen molar-refractivity contribution in [3.8, 4) is 0 Å². The van der Waals surface area contributed by atoms with Crippen LogP contribution in [0.5, 0.6) is 0 Å². The molecule has 3 aliphatic rings. The number of anilines is 1. The van der Waals surface area contributed by atoms with Crippen LogP contribution in [-0.4, -0.2) is 36.3 Å². The summed E-state index contributed by atoms with van der Waals surface area (Å²) >= 11 is 0. The van der Waals surface area contributed by atoms with Gasteiger partial charge in [0.2, 0.25) is 0 Å². The number of fused-ring (bicyclic) bond motifs is 1. The Bertz CT molecular complexity index is 801. The van der Waals surface area contributed by atoms with E-state index in [1.165, 1.54) is 6.92 Å². The summed E-state index contributed by atoms with van der Waals surface area (Å²) in [5.41, 5.74) is 0.942. The third kappa shape index (κ3) is 2.77. The molecule has 1 aliphatic heterocycles. The van der Waals surface area contributed by atoms with Gasteiger partial charge in [-0.1, -0.05) is 12.1 Å². The second kappa shape index (κ2) is 6.23. The Labute approximate surface area is 150 Å². The zero-order valence-corrected chi connectivity index (χ0v) is 14.3. The maximum atomic E-state index is 12.4. The molecule has 5 atom stereocenters. The lowest BCUT2D eigenvalue weighted by atomic mass is 9.80. The highest BCUT2D eigenvalue weighted by atomic mass is 16.6. The normalized spacial score (nSPS) is 30.8. The topological polar surface area (TPSA) is 98.8 Å². The Morgan fingerprint density at radius 3 is 2.85 bits per heavy atom. The molecule has 0 aromatic heterocycles. The third-order valence-electron chi connectivity index (χ3n) is 5.65. The van der Waals surface area contributed by atoms with Gasteiger partial charge in [-0.2, -0.15) is 0 Å². The van der Waals surface area contributed by atoms with Crippen LogP contribution in [0.3, 0.4) is 0 Å². The molecule has 0 radical (unpaired) electrons. The number of carbonyl (C=O) groups excluding carboxylic acids is 4. The van der Waals surface area contributed by atoms with E-state index in [0.717, 1.165) is 6.42 Å². The van der Waals surface area contributed by atoms with E-state index in [9.17, 15) is 19.2 Å². The van der Waals surface area contributed by atoms with Crippen molar-refractivity contribution in [2.75, 3.05) is 11.9 Å². The van der Waals surface area contributed by atoms with E-state index < -0.39 is 30.3 Å². The van der Waals surface area contributed by atoms with E-state index in [4.69, 9.17) is 9.47 Å². The summed E-state index contributed by atoms with van der Waals surface area (Å²) in [6, 6.07) is 6.53. The lowest BCUT2D eigenvalue weighted by Gasteiger charge is -2.22. The van der Waals surface area contributed by atoms with Crippen LogP contribution in [-0.2, 0) is 23.9 Å². The van der Waals surface area contributed by atoms with E-state index >= 15 is 0 Å². The number of rotatable bonds is 5. The van der Waals surface area contributed by atoms with Gasteiger partial charge in [-0.05, 0) is 37.8 Å². The molecule has 1 aromatic rings. The Morgan fingerprint density at radius 1 is 1.27 bits per heavy atom. The molecule has 3 fully saturated rings. The summed E-state index contributed by atoms with van der Waals surface area (Å²) in [7, 11) is 0. The number of amides is 1. The van der Waals surface area contributed by atoms with Crippen LogP contribution < -0.4 is 5.32 Å². The van der Waals surface area contributed by atoms with Crippen LogP contribution in [0.15, 0.2) is 24.3 Å².